The first-order chi connectivity index (χ1) is 10.7. The van der Waals surface area contributed by atoms with Gasteiger partial charge in [0.2, 0.25) is 0 Å². The molecule has 3 nitrogen and oxygen atoms in total. The molecule has 0 radical (unpaired) electrons. The number of alkyl halides is 1. The van der Waals surface area contributed by atoms with E-state index in [0.717, 1.165) is 28.0 Å². The number of ether oxygens (including phenoxy) is 2. The van der Waals surface area contributed by atoms with E-state index in [0.29, 0.717) is 18.1 Å². The molecular formula is C18H15ClO3. The molecule has 1 heterocycles. The first-order valence-electron chi connectivity index (χ1n) is 6.94. The minimum Gasteiger partial charge on any atom is -0.488 e. The van der Waals surface area contributed by atoms with Crippen LogP contribution < -0.4 is 4.74 Å². The number of carbonyl (C=O) groups excluding carboxylic acids is 1. The Labute approximate surface area is 134 Å². The van der Waals surface area contributed by atoms with Crippen molar-refractivity contribution in [3.8, 4) is 5.75 Å². The van der Waals surface area contributed by atoms with Gasteiger partial charge in [-0.3, -0.25) is 0 Å². The molecule has 1 aliphatic rings. The van der Waals surface area contributed by atoms with Gasteiger partial charge < -0.3 is 9.47 Å². The molecule has 0 aromatic heterocycles. The predicted molar refractivity (Wildman–Crippen MR) is 86.4 cm³/mol. The maximum Gasteiger partial charge on any atom is 0.337 e. The van der Waals surface area contributed by atoms with Gasteiger partial charge in [0.1, 0.15) is 12.4 Å². The lowest BCUT2D eigenvalue weighted by molar-refractivity contribution is 0.0600. The molecule has 0 spiro atoms. The summed E-state index contributed by atoms with van der Waals surface area (Å²) in [5.74, 6) is 0.840. The maximum absolute atomic E-state index is 11.8. The average molecular weight is 315 g/mol. The standard InChI is InChI=1S/C18H15ClO3/c1-21-18(20)12-6-7-13-11-22-17-5-3-2-4-15(17)14(8-9-19)16(13)10-12/h2-8,10H,9,11H2,1H3. The van der Waals surface area contributed by atoms with Crippen molar-refractivity contribution >= 4 is 23.1 Å². The van der Waals surface area contributed by atoms with E-state index in [1.807, 2.05) is 42.5 Å². The Balaban J connectivity index is 2.20. The summed E-state index contributed by atoms with van der Waals surface area (Å²) in [6.07, 6.45) is 1.94. The van der Waals surface area contributed by atoms with Crippen LogP contribution in [0.2, 0.25) is 0 Å². The zero-order valence-electron chi connectivity index (χ0n) is 12.1. The number of hydrogen-bond donors (Lipinski definition) is 0. The van der Waals surface area contributed by atoms with Crippen molar-refractivity contribution < 1.29 is 14.3 Å². The third-order valence-corrected chi connectivity index (χ3v) is 3.82. The fraction of sp³-hybridized carbons (Fsp3) is 0.167. The predicted octanol–water partition coefficient (Wildman–Crippen LogP) is 4.04. The van der Waals surface area contributed by atoms with Crippen LogP contribution in [0.5, 0.6) is 5.75 Å². The van der Waals surface area contributed by atoms with Crippen molar-refractivity contribution in [2.24, 2.45) is 0 Å². The normalized spacial score (nSPS) is 14.5. The summed E-state index contributed by atoms with van der Waals surface area (Å²) in [6.45, 7) is 0.452. The van der Waals surface area contributed by atoms with Crippen LogP contribution in [-0.2, 0) is 11.3 Å². The van der Waals surface area contributed by atoms with Gasteiger partial charge in [-0.1, -0.05) is 30.3 Å². The highest BCUT2D eigenvalue weighted by atomic mass is 35.5. The van der Waals surface area contributed by atoms with Crippen molar-refractivity contribution in [1.29, 1.82) is 0 Å². The van der Waals surface area contributed by atoms with Crippen LogP contribution in [0, 0.1) is 0 Å². The Hall–Kier alpha value is -2.26. The van der Waals surface area contributed by atoms with Crippen LogP contribution >= 0.6 is 11.6 Å². The zero-order valence-corrected chi connectivity index (χ0v) is 12.9. The van der Waals surface area contributed by atoms with Gasteiger partial charge in [0.25, 0.3) is 0 Å². The number of hydrogen-bond acceptors (Lipinski definition) is 3. The second kappa shape index (κ2) is 6.24. The summed E-state index contributed by atoms with van der Waals surface area (Å²) in [5.41, 5.74) is 4.43. The van der Waals surface area contributed by atoms with Gasteiger partial charge in [0.15, 0.2) is 0 Å². The quantitative estimate of drug-likeness (QED) is 0.620. The third kappa shape index (κ3) is 2.60. The van der Waals surface area contributed by atoms with E-state index in [2.05, 4.69) is 0 Å². The molecule has 2 aromatic carbocycles. The van der Waals surface area contributed by atoms with Gasteiger partial charge in [-0.2, -0.15) is 0 Å². The van der Waals surface area contributed by atoms with Crippen LogP contribution in [-0.4, -0.2) is 19.0 Å². The smallest absolute Gasteiger partial charge is 0.337 e. The number of methoxy groups -OCH3 is 1. The molecule has 2 aromatic rings. The number of halogens is 1. The molecule has 112 valence electrons. The molecule has 0 saturated heterocycles. The summed E-state index contributed by atoms with van der Waals surface area (Å²) < 4.78 is 10.7. The van der Waals surface area contributed by atoms with Crippen molar-refractivity contribution in [1.82, 2.24) is 0 Å². The van der Waals surface area contributed by atoms with Gasteiger partial charge in [0.05, 0.1) is 12.7 Å². The molecular weight excluding hydrogens is 300 g/mol. The molecule has 0 N–H and O–H groups in total. The van der Waals surface area contributed by atoms with Gasteiger partial charge in [-0.05, 0) is 34.9 Å². The van der Waals surface area contributed by atoms with Crippen LogP contribution in [0.3, 0.4) is 0 Å². The number of para-hydroxylation sites is 1. The first-order valence-corrected chi connectivity index (χ1v) is 7.48. The highest BCUT2D eigenvalue weighted by molar-refractivity contribution is 6.19. The summed E-state index contributed by atoms with van der Waals surface area (Å²) in [4.78, 5) is 11.8. The van der Waals surface area contributed by atoms with Crippen molar-refractivity contribution in [2.45, 2.75) is 6.61 Å². The van der Waals surface area contributed by atoms with E-state index in [1.165, 1.54) is 7.11 Å². The minimum absolute atomic E-state index is 0.355. The van der Waals surface area contributed by atoms with Gasteiger partial charge in [-0.15, -0.1) is 11.6 Å². The number of fused-ring (bicyclic) bond motifs is 2. The Bertz CT molecular complexity index is 750. The molecule has 0 atom stereocenters. The molecule has 0 amide bonds. The monoisotopic (exact) mass is 314 g/mol. The van der Waals surface area contributed by atoms with Crippen molar-refractivity contribution in [2.75, 3.05) is 13.0 Å². The van der Waals surface area contributed by atoms with Crippen LogP contribution in [0.4, 0.5) is 0 Å². The first kappa shape index (κ1) is 14.7. The van der Waals surface area contributed by atoms with E-state index in [-0.39, 0.29) is 5.97 Å². The minimum atomic E-state index is -0.355. The zero-order chi connectivity index (χ0) is 15.5. The highest BCUT2D eigenvalue weighted by Crippen LogP contribution is 2.37. The largest absolute Gasteiger partial charge is 0.488 e. The van der Waals surface area contributed by atoms with Crippen LogP contribution in [0.25, 0.3) is 5.57 Å². The summed E-state index contributed by atoms with van der Waals surface area (Å²) in [6, 6.07) is 13.3. The second-order valence-corrected chi connectivity index (χ2v) is 5.23. The molecule has 0 fully saturated rings. The lowest BCUT2D eigenvalue weighted by atomic mass is 9.93. The molecule has 0 saturated carbocycles. The van der Waals surface area contributed by atoms with Crippen LogP contribution in [0.15, 0.2) is 48.5 Å². The number of rotatable bonds is 2. The molecule has 22 heavy (non-hydrogen) atoms. The highest BCUT2D eigenvalue weighted by Gasteiger charge is 2.20. The van der Waals surface area contributed by atoms with E-state index < -0.39 is 0 Å². The van der Waals surface area contributed by atoms with E-state index in [4.69, 9.17) is 21.1 Å². The number of esters is 1. The third-order valence-electron chi connectivity index (χ3n) is 3.66. The fourth-order valence-electron chi connectivity index (χ4n) is 2.61. The molecule has 3 rings (SSSR count). The summed E-state index contributed by atoms with van der Waals surface area (Å²) in [7, 11) is 1.38. The molecule has 0 bridgehead atoms. The van der Waals surface area contributed by atoms with E-state index in [1.54, 1.807) is 6.07 Å². The van der Waals surface area contributed by atoms with E-state index in [9.17, 15) is 4.79 Å². The van der Waals surface area contributed by atoms with E-state index >= 15 is 0 Å². The maximum atomic E-state index is 11.8. The van der Waals surface area contributed by atoms with Gasteiger partial charge in [-0.25, -0.2) is 4.79 Å². The lowest BCUT2D eigenvalue weighted by Crippen LogP contribution is -2.04. The fourth-order valence-corrected chi connectivity index (χ4v) is 2.76. The number of benzene rings is 2. The number of carbonyl (C=O) groups is 1. The van der Waals surface area contributed by atoms with Crippen LogP contribution in [0.1, 0.15) is 27.0 Å². The second-order valence-electron chi connectivity index (χ2n) is 4.92. The molecule has 0 unspecified atom stereocenters. The van der Waals surface area contributed by atoms with Crippen molar-refractivity contribution in [3.63, 3.8) is 0 Å². The Kier molecular flexibility index (Phi) is 4.16. The summed E-state index contributed by atoms with van der Waals surface area (Å²) in [5, 5.41) is 0. The average Bonchev–Trinajstić information content (AvgIpc) is 2.72. The Morgan fingerprint density at radius 1 is 1.27 bits per heavy atom. The Morgan fingerprint density at radius 2 is 2.09 bits per heavy atom. The Morgan fingerprint density at radius 3 is 2.86 bits per heavy atom. The van der Waals surface area contributed by atoms with Gasteiger partial charge in [0, 0.05) is 11.4 Å². The SMILES string of the molecule is COC(=O)c1ccc2c(c1)C(=CCCl)c1ccccc1OC2. The molecule has 1 aliphatic heterocycles. The lowest BCUT2D eigenvalue weighted by Gasteiger charge is -2.11. The topological polar surface area (TPSA) is 35.5 Å². The van der Waals surface area contributed by atoms with Gasteiger partial charge >= 0.3 is 5.97 Å². The number of allylic oxidation sites excluding steroid dienone is 1. The molecule has 0 aliphatic carbocycles. The molecule has 4 heteroatoms. The van der Waals surface area contributed by atoms with Crippen molar-refractivity contribution in [3.05, 3.63) is 70.8 Å². The summed E-state index contributed by atoms with van der Waals surface area (Å²) >= 11 is 5.94.